The van der Waals surface area contributed by atoms with Crippen molar-refractivity contribution in [3.63, 3.8) is 0 Å². The Labute approximate surface area is 110 Å². The summed E-state index contributed by atoms with van der Waals surface area (Å²) in [6, 6.07) is 0. The highest BCUT2D eigenvalue weighted by molar-refractivity contribution is 4.89. The van der Waals surface area contributed by atoms with Gasteiger partial charge in [0.25, 0.3) is 0 Å². The molecule has 0 aromatic carbocycles. The van der Waals surface area contributed by atoms with Crippen molar-refractivity contribution in [2.75, 3.05) is 40.1 Å². The van der Waals surface area contributed by atoms with Gasteiger partial charge < -0.3 is 25.1 Å². The zero-order chi connectivity index (χ0) is 13.3. The lowest BCUT2D eigenvalue weighted by molar-refractivity contribution is 0.0162. The Morgan fingerprint density at radius 3 is 2.22 bits per heavy atom. The maximum absolute atomic E-state index is 9.44. The molecule has 1 saturated carbocycles. The van der Waals surface area contributed by atoms with E-state index in [0.29, 0.717) is 33.0 Å². The molecule has 0 spiro atoms. The predicted octanol–water partition coefficient (Wildman–Crippen LogP) is 0.689. The van der Waals surface area contributed by atoms with E-state index in [1.165, 1.54) is 0 Å². The second kappa shape index (κ2) is 8.82. The fraction of sp³-hybridized carbons (Fsp3) is 1.00. The molecule has 0 aromatic heterocycles. The number of aliphatic hydroxyl groups excluding tert-OH is 1. The number of hydrogen-bond acceptors (Lipinski definition) is 5. The van der Waals surface area contributed by atoms with Crippen molar-refractivity contribution in [2.45, 2.75) is 43.7 Å². The second-order valence-electron chi connectivity index (χ2n) is 5.06. The summed E-state index contributed by atoms with van der Waals surface area (Å²) >= 11 is 0. The van der Waals surface area contributed by atoms with Crippen LogP contribution in [0.5, 0.6) is 0 Å². The number of aliphatic hydroxyl groups is 1. The Hall–Kier alpha value is -0.200. The summed E-state index contributed by atoms with van der Waals surface area (Å²) in [6.07, 6.45) is 4.12. The van der Waals surface area contributed by atoms with Crippen molar-refractivity contribution in [3.8, 4) is 0 Å². The summed E-state index contributed by atoms with van der Waals surface area (Å²) in [5.74, 6) is 0. The summed E-state index contributed by atoms with van der Waals surface area (Å²) in [7, 11) is 1.65. The molecule has 18 heavy (non-hydrogen) atoms. The van der Waals surface area contributed by atoms with Crippen LogP contribution in [0, 0.1) is 0 Å². The van der Waals surface area contributed by atoms with Gasteiger partial charge in [-0.05, 0) is 32.1 Å². The van der Waals surface area contributed by atoms with Crippen LogP contribution in [0.25, 0.3) is 0 Å². The van der Waals surface area contributed by atoms with Crippen LogP contribution in [0.1, 0.15) is 32.1 Å². The van der Waals surface area contributed by atoms with Gasteiger partial charge >= 0.3 is 0 Å². The number of rotatable bonds is 9. The van der Waals surface area contributed by atoms with Gasteiger partial charge in [-0.25, -0.2) is 0 Å². The second-order valence-corrected chi connectivity index (χ2v) is 5.06. The van der Waals surface area contributed by atoms with Crippen LogP contribution in [0.3, 0.4) is 0 Å². The van der Waals surface area contributed by atoms with Crippen LogP contribution in [0.2, 0.25) is 0 Å². The Kier molecular flexibility index (Phi) is 7.77. The van der Waals surface area contributed by atoms with Crippen molar-refractivity contribution in [2.24, 2.45) is 5.73 Å². The molecule has 0 atom stereocenters. The quantitative estimate of drug-likeness (QED) is 0.597. The number of ether oxygens (including phenoxy) is 3. The fourth-order valence-corrected chi connectivity index (χ4v) is 2.17. The highest BCUT2D eigenvalue weighted by Crippen LogP contribution is 2.28. The summed E-state index contributed by atoms with van der Waals surface area (Å²) in [5, 5.41) is 9.44. The molecule has 0 saturated heterocycles. The molecule has 0 aliphatic heterocycles. The summed E-state index contributed by atoms with van der Waals surface area (Å²) < 4.78 is 15.7. The Morgan fingerprint density at radius 1 is 1.06 bits per heavy atom. The van der Waals surface area contributed by atoms with Crippen LogP contribution in [-0.4, -0.2) is 56.9 Å². The molecule has 1 rings (SSSR count). The molecule has 0 unspecified atom stereocenters. The van der Waals surface area contributed by atoms with Crippen molar-refractivity contribution in [1.82, 2.24) is 0 Å². The predicted molar refractivity (Wildman–Crippen MR) is 69.5 cm³/mol. The molecule has 1 fully saturated rings. The molecule has 0 aromatic rings. The first kappa shape index (κ1) is 15.9. The first-order valence-corrected chi connectivity index (χ1v) is 6.78. The van der Waals surface area contributed by atoms with Gasteiger partial charge in [0.2, 0.25) is 0 Å². The Bertz CT molecular complexity index is 205. The first-order chi connectivity index (χ1) is 8.66. The topological polar surface area (TPSA) is 73.9 Å². The Balaban J connectivity index is 1.94. The molecule has 0 heterocycles. The largest absolute Gasteiger partial charge is 0.393 e. The smallest absolute Gasteiger partial charge is 0.0701 e. The number of methoxy groups -OCH3 is 1. The molecule has 5 nitrogen and oxygen atoms in total. The third-order valence-electron chi connectivity index (χ3n) is 3.50. The van der Waals surface area contributed by atoms with Crippen LogP contribution in [-0.2, 0) is 14.2 Å². The third kappa shape index (κ3) is 6.66. The lowest BCUT2D eigenvalue weighted by Crippen LogP contribution is -2.45. The van der Waals surface area contributed by atoms with Gasteiger partial charge in [-0.2, -0.15) is 0 Å². The highest BCUT2D eigenvalue weighted by atomic mass is 16.5. The van der Waals surface area contributed by atoms with Gasteiger partial charge in [-0.3, -0.25) is 0 Å². The van der Waals surface area contributed by atoms with E-state index < -0.39 is 0 Å². The normalized spacial score (nSPS) is 28.5. The van der Waals surface area contributed by atoms with Gasteiger partial charge in [0.15, 0.2) is 0 Å². The molecule has 3 N–H and O–H groups in total. The minimum Gasteiger partial charge on any atom is -0.393 e. The molecule has 1 aliphatic carbocycles. The van der Waals surface area contributed by atoms with E-state index in [0.717, 1.165) is 32.1 Å². The number of nitrogens with two attached hydrogens (primary N) is 1. The highest BCUT2D eigenvalue weighted by Gasteiger charge is 2.30. The zero-order valence-corrected chi connectivity index (χ0v) is 11.4. The minimum absolute atomic E-state index is 0.143. The summed E-state index contributed by atoms with van der Waals surface area (Å²) in [6.45, 7) is 3.09. The molecule has 0 amide bonds. The van der Waals surface area contributed by atoms with E-state index in [9.17, 15) is 5.11 Å². The summed E-state index contributed by atoms with van der Waals surface area (Å²) in [5.41, 5.74) is 6.12. The summed E-state index contributed by atoms with van der Waals surface area (Å²) in [4.78, 5) is 0. The van der Waals surface area contributed by atoms with Crippen LogP contribution in [0.4, 0.5) is 0 Å². The van der Waals surface area contributed by atoms with Gasteiger partial charge in [0.1, 0.15) is 0 Å². The maximum Gasteiger partial charge on any atom is 0.0701 e. The van der Waals surface area contributed by atoms with E-state index in [1.807, 2.05) is 0 Å². The van der Waals surface area contributed by atoms with Crippen molar-refractivity contribution < 1.29 is 19.3 Å². The van der Waals surface area contributed by atoms with Crippen LogP contribution >= 0.6 is 0 Å². The van der Waals surface area contributed by atoms with Gasteiger partial charge in [0.05, 0.1) is 32.5 Å². The fourth-order valence-electron chi connectivity index (χ4n) is 2.17. The van der Waals surface area contributed by atoms with Crippen LogP contribution in [0.15, 0.2) is 0 Å². The van der Waals surface area contributed by atoms with E-state index >= 15 is 0 Å². The van der Waals surface area contributed by atoms with E-state index in [2.05, 4.69) is 0 Å². The Morgan fingerprint density at radius 2 is 1.61 bits per heavy atom. The molecule has 108 valence electrons. The SMILES string of the molecule is COCCOCCOCCC1(N)CCC(O)CC1. The lowest BCUT2D eigenvalue weighted by atomic mass is 9.79. The molecular weight excluding hydrogens is 234 g/mol. The first-order valence-electron chi connectivity index (χ1n) is 6.78. The van der Waals surface area contributed by atoms with E-state index in [1.54, 1.807) is 7.11 Å². The standard InChI is InChI=1S/C13H27NO4/c1-16-8-9-18-11-10-17-7-6-13(14)4-2-12(15)3-5-13/h12,15H,2-11,14H2,1H3. The van der Waals surface area contributed by atoms with Crippen LogP contribution < -0.4 is 5.73 Å². The van der Waals surface area contributed by atoms with E-state index in [4.69, 9.17) is 19.9 Å². The average molecular weight is 261 g/mol. The zero-order valence-electron chi connectivity index (χ0n) is 11.4. The molecule has 0 radical (unpaired) electrons. The number of hydrogen-bond donors (Lipinski definition) is 2. The van der Waals surface area contributed by atoms with Gasteiger partial charge in [-0.1, -0.05) is 0 Å². The van der Waals surface area contributed by atoms with Gasteiger partial charge in [0, 0.05) is 19.3 Å². The van der Waals surface area contributed by atoms with Crippen molar-refractivity contribution in [3.05, 3.63) is 0 Å². The molecule has 5 heteroatoms. The lowest BCUT2D eigenvalue weighted by Gasteiger charge is -2.35. The molecule has 0 bridgehead atoms. The average Bonchev–Trinajstić information content (AvgIpc) is 2.37. The third-order valence-corrected chi connectivity index (χ3v) is 3.50. The maximum atomic E-state index is 9.44. The monoisotopic (exact) mass is 261 g/mol. The van der Waals surface area contributed by atoms with E-state index in [-0.39, 0.29) is 11.6 Å². The molecule has 1 aliphatic rings. The van der Waals surface area contributed by atoms with Gasteiger partial charge in [-0.15, -0.1) is 0 Å². The minimum atomic E-state index is -0.156. The van der Waals surface area contributed by atoms with Crippen molar-refractivity contribution in [1.29, 1.82) is 0 Å². The van der Waals surface area contributed by atoms with Crippen molar-refractivity contribution >= 4 is 0 Å². The molecular formula is C13H27NO4.